The van der Waals surface area contributed by atoms with Gasteiger partial charge in [0.25, 0.3) is 0 Å². The van der Waals surface area contributed by atoms with Crippen molar-refractivity contribution in [2.24, 2.45) is 17.8 Å². The van der Waals surface area contributed by atoms with E-state index in [4.69, 9.17) is 0 Å². The first-order valence-corrected chi connectivity index (χ1v) is 11.2. The quantitative estimate of drug-likeness (QED) is 0.797. The SMILES string of the molecule is CN(Cc1ccccc1NC(=O)C1CC2CCCC(C1)C2=O)C1CCCCC1. The van der Waals surface area contributed by atoms with Gasteiger partial charge < -0.3 is 5.32 Å². The molecule has 2 atom stereocenters. The minimum Gasteiger partial charge on any atom is -0.326 e. The second-order valence-electron chi connectivity index (χ2n) is 9.25. The zero-order valence-electron chi connectivity index (χ0n) is 17.2. The monoisotopic (exact) mass is 382 g/mol. The van der Waals surface area contributed by atoms with E-state index in [1.807, 2.05) is 12.1 Å². The van der Waals surface area contributed by atoms with Gasteiger partial charge in [-0.1, -0.05) is 43.9 Å². The minimum atomic E-state index is -0.0165. The molecule has 0 radical (unpaired) electrons. The number of rotatable bonds is 5. The number of fused-ring (bicyclic) bond motifs is 2. The van der Waals surface area contributed by atoms with Gasteiger partial charge in [0.2, 0.25) is 5.91 Å². The van der Waals surface area contributed by atoms with Crippen molar-refractivity contribution in [1.82, 2.24) is 4.90 Å². The lowest BCUT2D eigenvalue weighted by molar-refractivity contribution is -0.136. The van der Waals surface area contributed by atoms with Crippen molar-refractivity contribution in [3.05, 3.63) is 29.8 Å². The molecule has 0 saturated heterocycles. The van der Waals surface area contributed by atoms with E-state index in [0.717, 1.165) is 44.3 Å². The van der Waals surface area contributed by atoms with Crippen LogP contribution < -0.4 is 5.32 Å². The summed E-state index contributed by atoms with van der Waals surface area (Å²) in [5.41, 5.74) is 2.13. The van der Waals surface area contributed by atoms with Crippen molar-refractivity contribution in [2.45, 2.75) is 76.8 Å². The summed E-state index contributed by atoms with van der Waals surface area (Å²) in [4.78, 5) is 27.8. The number of para-hydroxylation sites is 1. The molecule has 0 heterocycles. The molecule has 4 rings (SSSR count). The van der Waals surface area contributed by atoms with Crippen LogP contribution in [0.3, 0.4) is 0 Å². The van der Waals surface area contributed by atoms with Crippen molar-refractivity contribution < 1.29 is 9.59 Å². The Morgan fingerprint density at radius 2 is 1.68 bits per heavy atom. The molecule has 152 valence electrons. The highest BCUT2D eigenvalue weighted by Crippen LogP contribution is 2.40. The smallest absolute Gasteiger partial charge is 0.227 e. The van der Waals surface area contributed by atoms with E-state index in [-0.39, 0.29) is 23.7 Å². The highest BCUT2D eigenvalue weighted by molar-refractivity contribution is 5.95. The molecule has 0 spiro atoms. The second kappa shape index (κ2) is 8.77. The van der Waals surface area contributed by atoms with Crippen LogP contribution in [0.5, 0.6) is 0 Å². The van der Waals surface area contributed by atoms with Crippen LogP contribution in [0.1, 0.15) is 69.8 Å². The maximum absolute atomic E-state index is 13.0. The van der Waals surface area contributed by atoms with Crippen LogP contribution in [0, 0.1) is 17.8 Å². The summed E-state index contributed by atoms with van der Waals surface area (Å²) in [6, 6.07) is 8.87. The highest BCUT2D eigenvalue weighted by Gasteiger charge is 2.41. The fourth-order valence-corrected chi connectivity index (χ4v) is 5.63. The molecule has 4 heteroatoms. The lowest BCUT2D eigenvalue weighted by atomic mass is 9.67. The standard InChI is InChI=1S/C24H34N2O2/c1-26(21-11-3-2-4-12-21)16-19-8-5-6-13-22(19)25-24(28)20-14-17-9-7-10-18(15-20)23(17)27/h5-6,8,13,17-18,20-21H,2-4,7,9-12,14-16H2,1H3,(H,25,28). The third-order valence-corrected chi connectivity index (χ3v) is 7.31. The number of amides is 1. The summed E-state index contributed by atoms with van der Waals surface area (Å²) in [5.74, 6) is 0.756. The number of carbonyl (C=O) groups is 2. The zero-order valence-corrected chi connectivity index (χ0v) is 17.2. The molecule has 1 amide bonds. The fourth-order valence-electron chi connectivity index (χ4n) is 5.63. The summed E-state index contributed by atoms with van der Waals surface area (Å²) in [7, 11) is 2.21. The van der Waals surface area contributed by atoms with Crippen LogP contribution >= 0.6 is 0 Å². The molecule has 2 unspecified atom stereocenters. The largest absolute Gasteiger partial charge is 0.326 e. The number of benzene rings is 1. The lowest BCUT2D eigenvalue weighted by Crippen LogP contribution is -2.40. The summed E-state index contributed by atoms with van der Waals surface area (Å²) in [5, 5.41) is 3.22. The van der Waals surface area contributed by atoms with Gasteiger partial charge in [-0.2, -0.15) is 0 Å². The lowest BCUT2D eigenvalue weighted by Gasteiger charge is -2.37. The first-order chi connectivity index (χ1) is 13.6. The summed E-state index contributed by atoms with van der Waals surface area (Å²) in [6.07, 6.45) is 11.2. The summed E-state index contributed by atoms with van der Waals surface area (Å²) >= 11 is 0. The molecule has 0 aliphatic heterocycles. The molecule has 0 aromatic heterocycles. The van der Waals surface area contributed by atoms with E-state index in [1.54, 1.807) is 0 Å². The van der Waals surface area contributed by atoms with Gasteiger partial charge in [-0.25, -0.2) is 0 Å². The zero-order chi connectivity index (χ0) is 19.5. The maximum atomic E-state index is 13.0. The third-order valence-electron chi connectivity index (χ3n) is 7.31. The second-order valence-corrected chi connectivity index (χ2v) is 9.25. The van der Waals surface area contributed by atoms with Crippen molar-refractivity contribution >= 4 is 17.4 Å². The molecule has 28 heavy (non-hydrogen) atoms. The van der Waals surface area contributed by atoms with Gasteiger partial charge in [0.05, 0.1) is 0 Å². The Kier molecular flexibility index (Phi) is 6.15. The molecule has 1 aromatic carbocycles. The van der Waals surface area contributed by atoms with E-state index >= 15 is 0 Å². The van der Waals surface area contributed by atoms with E-state index in [0.29, 0.717) is 11.8 Å². The molecule has 3 aliphatic rings. The Labute approximate surface area is 169 Å². The number of hydrogen-bond donors (Lipinski definition) is 1. The van der Waals surface area contributed by atoms with Crippen molar-refractivity contribution in [1.29, 1.82) is 0 Å². The van der Waals surface area contributed by atoms with Gasteiger partial charge >= 0.3 is 0 Å². The summed E-state index contributed by atoms with van der Waals surface area (Å²) < 4.78 is 0. The molecule has 3 aliphatic carbocycles. The molecule has 3 saturated carbocycles. The average molecular weight is 383 g/mol. The molecule has 1 aromatic rings. The Morgan fingerprint density at radius 3 is 2.39 bits per heavy atom. The number of carbonyl (C=O) groups excluding carboxylic acids is 2. The third kappa shape index (κ3) is 4.32. The highest BCUT2D eigenvalue weighted by atomic mass is 16.2. The van der Waals surface area contributed by atoms with Crippen molar-refractivity contribution in [3.63, 3.8) is 0 Å². The topological polar surface area (TPSA) is 49.4 Å². The van der Waals surface area contributed by atoms with Crippen LogP contribution in [-0.4, -0.2) is 29.7 Å². The number of ketones is 1. The van der Waals surface area contributed by atoms with Gasteiger partial charge in [0.15, 0.2) is 0 Å². The summed E-state index contributed by atoms with van der Waals surface area (Å²) in [6.45, 7) is 0.871. The molecule has 4 nitrogen and oxygen atoms in total. The number of hydrogen-bond acceptors (Lipinski definition) is 3. The van der Waals surface area contributed by atoms with Crippen LogP contribution in [0.2, 0.25) is 0 Å². The van der Waals surface area contributed by atoms with Crippen LogP contribution in [0.4, 0.5) is 5.69 Å². The van der Waals surface area contributed by atoms with E-state index in [2.05, 4.69) is 29.4 Å². The van der Waals surface area contributed by atoms with Gasteiger partial charge in [-0.05, 0) is 57.2 Å². The number of anilines is 1. The molecular weight excluding hydrogens is 348 g/mol. The molecular formula is C24H34N2O2. The van der Waals surface area contributed by atoms with Crippen molar-refractivity contribution in [3.8, 4) is 0 Å². The Hall–Kier alpha value is -1.68. The van der Waals surface area contributed by atoms with Gasteiger partial charge in [-0.3, -0.25) is 14.5 Å². The number of Topliss-reactive ketones (excluding diaryl/α,β-unsaturated/α-hetero) is 1. The van der Waals surface area contributed by atoms with Crippen LogP contribution in [0.15, 0.2) is 24.3 Å². The fraction of sp³-hybridized carbons (Fsp3) is 0.667. The number of nitrogens with one attached hydrogen (secondary N) is 1. The van der Waals surface area contributed by atoms with E-state index in [1.165, 1.54) is 37.7 Å². The Balaban J connectivity index is 1.40. The molecule has 2 bridgehead atoms. The van der Waals surface area contributed by atoms with E-state index in [9.17, 15) is 9.59 Å². The van der Waals surface area contributed by atoms with E-state index < -0.39 is 0 Å². The van der Waals surface area contributed by atoms with Gasteiger partial charge in [-0.15, -0.1) is 0 Å². The average Bonchev–Trinajstić information content (AvgIpc) is 2.70. The molecule has 1 N–H and O–H groups in total. The number of nitrogens with zero attached hydrogens (tertiary/aromatic N) is 1. The van der Waals surface area contributed by atoms with Crippen LogP contribution in [0.25, 0.3) is 0 Å². The predicted molar refractivity (Wildman–Crippen MR) is 112 cm³/mol. The minimum absolute atomic E-state index is 0.0165. The maximum Gasteiger partial charge on any atom is 0.227 e. The van der Waals surface area contributed by atoms with Gasteiger partial charge in [0.1, 0.15) is 5.78 Å². The van der Waals surface area contributed by atoms with Gasteiger partial charge in [0, 0.05) is 36.0 Å². The first-order valence-electron chi connectivity index (χ1n) is 11.2. The predicted octanol–water partition coefficient (Wildman–Crippen LogP) is 4.79. The van der Waals surface area contributed by atoms with Crippen molar-refractivity contribution in [2.75, 3.05) is 12.4 Å². The Morgan fingerprint density at radius 1 is 1.00 bits per heavy atom. The normalized spacial score (nSPS) is 28.4. The first kappa shape index (κ1) is 19.6. The molecule has 3 fully saturated rings. The Bertz CT molecular complexity index is 694. The van der Waals surface area contributed by atoms with Crippen LogP contribution in [-0.2, 0) is 16.1 Å².